The third kappa shape index (κ3) is 6.36. The Morgan fingerprint density at radius 1 is 1.00 bits per heavy atom. The molecule has 4 N–H and O–H groups in total. The molecule has 0 saturated heterocycles. The molecule has 3 aromatic rings. The van der Waals surface area contributed by atoms with E-state index in [-0.39, 0.29) is 23.8 Å². The average Bonchev–Trinajstić information content (AvgIpc) is 3.03. The van der Waals surface area contributed by atoms with Crippen LogP contribution in [0, 0.1) is 11.7 Å². The first-order chi connectivity index (χ1) is 18.2. The molecular weight excluding hydrogens is 489 g/mol. The van der Waals surface area contributed by atoms with Gasteiger partial charge in [0.1, 0.15) is 29.8 Å². The third-order valence-corrected chi connectivity index (χ3v) is 6.14. The summed E-state index contributed by atoms with van der Waals surface area (Å²) in [5.41, 5.74) is 1.21. The maximum absolute atomic E-state index is 13.9. The molecular formula is C29H30FN3O5. The first-order valence-electron chi connectivity index (χ1n) is 12.4. The zero-order chi connectivity index (χ0) is 27.2. The van der Waals surface area contributed by atoms with E-state index in [0.29, 0.717) is 11.1 Å². The van der Waals surface area contributed by atoms with Gasteiger partial charge in [0.25, 0.3) is 5.91 Å². The second-order valence-corrected chi connectivity index (χ2v) is 9.56. The molecule has 0 fully saturated rings. The highest BCUT2D eigenvalue weighted by atomic mass is 19.1. The predicted molar refractivity (Wildman–Crippen MR) is 140 cm³/mol. The molecule has 38 heavy (non-hydrogen) atoms. The molecule has 0 spiro atoms. The van der Waals surface area contributed by atoms with Crippen LogP contribution >= 0.6 is 0 Å². The van der Waals surface area contributed by atoms with E-state index in [2.05, 4.69) is 16.0 Å². The van der Waals surface area contributed by atoms with E-state index < -0.39 is 47.8 Å². The van der Waals surface area contributed by atoms with E-state index in [0.717, 1.165) is 6.07 Å². The van der Waals surface area contributed by atoms with E-state index in [4.69, 9.17) is 4.74 Å². The number of anilines is 1. The van der Waals surface area contributed by atoms with Crippen LogP contribution in [0.2, 0.25) is 0 Å². The number of hydrogen-bond donors (Lipinski definition) is 4. The number of carbonyl (C=O) groups excluding carboxylic acids is 3. The van der Waals surface area contributed by atoms with E-state index >= 15 is 0 Å². The number of benzene rings is 3. The Bertz CT molecular complexity index is 1290. The Balaban J connectivity index is 1.65. The first kappa shape index (κ1) is 26.8. The highest BCUT2D eigenvalue weighted by Crippen LogP contribution is 2.35. The van der Waals surface area contributed by atoms with Crippen molar-refractivity contribution in [1.82, 2.24) is 10.6 Å². The number of aliphatic hydroxyl groups is 1. The van der Waals surface area contributed by atoms with Crippen LogP contribution in [0.25, 0.3) is 0 Å². The van der Waals surface area contributed by atoms with Gasteiger partial charge in [-0.3, -0.25) is 14.4 Å². The molecule has 198 valence electrons. The number of hydrogen-bond acceptors (Lipinski definition) is 5. The zero-order valence-corrected chi connectivity index (χ0v) is 21.1. The van der Waals surface area contributed by atoms with Crippen LogP contribution in [-0.2, 0) is 14.4 Å². The maximum atomic E-state index is 13.9. The summed E-state index contributed by atoms with van der Waals surface area (Å²) in [5, 5.41) is 18.3. The van der Waals surface area contributed by atoms with Crippen LogP contribution in [0.3, 0.4) is 0 Å². The van der Waals surface area contributed by atoms with Crippen molar-refractivity contribution in [2.45, 2.75) is 44.6 Å². The average molecular weight is 520 g/mol. The normalized spacial score (nSPS) is 18.3. The molecule has 0 aromatic heterocycles. The Morgan fingerprint density at radius 2 is 1.66 bits per heavy atom. The van der Waals surface area contributed by atoms with Crippen LogP contribution in [-0.4, -0.2) is 35.0 Å². The zero-order valence-electron chi connectivity index (χ0n) is 21.1. The van der Waals surface area contributed by atoms with E-state index in [9.17, 15) is 23.9 Å². The topological polar surface area (TPSA) is 117 Å². The van der Waals surface area contributed by atoms with Crippen molar-refractivity contribution in [2.24, 2.45) is 5.92 Å². The Labute approximate surface area is 220 Å². The smallest absolute Gasteiger partial charge is 0.251 e. The molecule has 1 heterocycles. The fourth-order valence-corrected chi connectivity index (χ4v) is 4.27. The molecule has 4 atom stereocenters. The quantitative estimate of drug-likeness (QED) is 0.363. The van der Waals surface area contributed by atoms with Gasteiger partial charge in [-0.2, -0.15) is 0 Å². The van der Waals surface area contributed by atoms with Crippen LogP contribution in [0.1, 0.15) is 43.5 Å². The fourth-order valence-electron chi connectivity index (χ4n) is 4.27. The minimum Gasteiger partial charge on any atom is -0.481 e. The lowest BCUT2D eigenvalue weighted by Gasteiger charge is -2.28. The summed E-state index contributed by atoms with van der Waals surface area (Å²) in [6.45, 7) is 3.74. The van der Waals surface area contributed by atoms with Gasteiger partial charge in [-0.25, -0.2) is 4.39 Å². The lowest BCUT2D eigenvalue weighted by atomic mass is 9.99. The second-order valence-electron chi connectivity index (χ2n) is 9.56. The number of amides is 3. The number of halogens is 1. The lowest BCUT2D eigenvalue weighted by molar-refractivity contribution is -0.136. The number of aliphatic hydroxyl groups excluding tert-OH is 1. The van der Waals surface area contributed by atoms with Crippen molar-refractivity contribution in [3.63, 3.8) is 0 Å². The molecule has 9 heteroatoms. The second kappa shape index (κ2) is 11.9. The van der Waals surface area contributed by atoms with Crippen LogP contribution in [0.4, 0.5) is 10.1 Å². The van der Waals surface area contributed by atoms with Crippen molar-refractivity contribution in [3.05, 3.63) is 95.8 Å². The number of carbonyl (C=O) groups is 3. The summed E-state index contributed by atoms with van der Waals surface area (Å²) in [6, 6.07) is 18.7. The molecule has 1 aliphatic rings. The molecule has 0 unspecified atom stereocenters. The van der Waals surface area contributed by atoms with Gasteiger partial charge < -0.3 is 25.8 Å². The summed E-state index contributed by atoms with van der Waals surface area (Å²) in [7, 11) is 0. The Kier molecular flexibility index (Phi) is 8.38. The minimum atomic E-state index is -1.31. The van der Waals surface area contributed by atoms with Crippen molar-refractivity contribution in [3.8, 4) is 5.75 Å². The molecule has 4 rings (SSSR count). The highest BCUT2D eigenvalue weighted by molar-refractivity contribution is 6.00. The predicted octanol–water partition coefficient (Wildman–Crippen LogP) is 3.65. The van der Waals surface area contributed by atoms with Gasteiger partial charge in [-0.1, -0.05) is 74.5 Å². The largest absolute Gasteiger partial charge is 0.481 e. The van der Waals surface area contributed by atoms with Gasteiger partial charge in [-0.05, 0) is 35.6 Å². The number of ether oxygens (including phenoxy) is 1. The first-order valence-corrected chi connectivity index (χ1v) is 12.4. The van der Waals surface area contributed by atoms with Gasteiger partial charge in [0, 0.05) is 6.07 Å². The summed E-state index contributed by atoms with van der Waals surface area (Å²) in [6.07, 6.45) is -2.04. The van der Waals surface area contributed by atoms with Gasteiger partial charge in [0.2, 0.25) is 11.8 Å². The molecule has 3 aromatic carbocycles. The van der Waals surface area contributed by atoms with Gasteiger partial charge in [-0.15, -0.1) is 0 Å². The molecule has 8 nitrogen and oxygen atoms in total. The SMILES string of the molecule is CC(C)C[C@H](O)C(=O)N[C@H](C(=O)N[C@@H]1C(=O)Nc2cc(F)ccc2O[C@@H]1c1ccccc1)c1ccccc1. The van der Waals surface area contributed by atoms with Crippen LogP contribution < -0.4 is 20.7 Å². The van der Waals surface area contributed by atoms with Crippen molar-refractivity contribution >= 4 is 23.4 Å². The number of rotatable bonds is 8. The summed E-state index contributed by atoms with van der Waals surface area (Å²) < 4.78 is 20.0. The molecule has 0 aliphatic carbocycles. The monoisotopic (exact) mass is 519 g/mol. The number of nitrogens with one attached hydrogen (secondary N) is 3. The lowest BCUT2D eigenvalue weighted by Crippen LogP contribution is -2.52. The van der Waals surface area contributed by atoms with E-state index in [1.165, 1.54) is 12.1 Å². The van der Waals surface area contributed by atoms with E-state index in [1.807, 2.05) is 13.8 Å². The van der Waals surface area contributed by atoms with Gasteiger partial charge in [0.05, 0.1) is 5.69 Å². The summed E-state index contributed by atoms with van der Waals surface area (Å²) >= 11 is 0. The van der Waals surface area contributed by atoms with Crippen LogP contribution in [0.5, 0.6) is 5.75 Å². The molecule has 0 radical (unpaired) electrons. The fraction of sp³-hybridized carbons (Fsp3) is 0.276. The third-order valence-electron chi connectivity index (χ3n) is 6.14. The minimum absolute atomic E-state index is 0.0599. The van der Waals surface area contributed by atoms with Crippen molar-refractivity contribution in [1.29, 1.82) is 0 Å². The maximum Gasteiger partial charge on any atom is 0.251 e. The highest BCUT2D eigenvalue weighted by Gasteiger charge is 2.38. The van der Waals surface area contributed by atoms with E-state index in [1.54, 1.807) is 60.7 Å². The van der Waals surface area contributed by atoms with Gasteiger partial charge in [0.15, 0.2) is 6.10 Å². The molecule has 1 aliphatic heterocycles. The molecule has 0 saturated carbocycles. The standard InChI is InChI=1S/C29H30FN3O5/c1-17(2)15-22(34)27(35)32-24(18-9-5-3-6-10-18)28(36)33-25-26(19-11-7-4-8-12-19)38-23-14-13-20(30)16-21(23)31-29(25)37/h3-14,16-17,22,24-26,34H,15H2,1-2H3,(H,31,37)(H,32,35)(H,33,36)/t22-,24-,25-,26+/m0/s1. The summed E-state index contributed by atoms with van der Waals surface area (Å²) in [4.78, 5) is 39.8. The Hall–Kier alpha value is -4.24. The Morgan fingerprint density at radius 3 is 2.32 bits per heavy atom. The van der Waals surface area contributed by atoms with Crippen LogP contribution in [0.15, 0.2) is 78.9 Å². The molecule has 3 amide bonds. The molecule has 0 bridgehead atoms. The summed E-state index contributed by atoms with van der Waals surface area (Å²) in [5.74, 6) is -2.25. The van der Waals surface area contributed by atoms with Crippen molar-refractivity contribution in [2.75, 3.05) is 5.32 Å². The van der Waals surface area contributed by atoms with Crippen molar-refractivity contribution < 1.29 is 28.6 Å². The number of fused-ring (bicyclic) bond motifs is 1. The van der Waals surface area contributed by atoms with Gasteiger partial charge >= 0.3 is 0 Å².